The molecule has 1 aromatic carbocycles. The summed E-state index contributed by atoms with van der Waals surface area (Å²) in [7, 11) is 1.97. The second-order valence-corrected chi connectivity index (χ2v) is 4.92. The zero-order valence-electron chi connectivity index (χ0n) is 10.8. The highest BCUT2D eigenvalue weighted by molar-refractivity contribution is 5.26. The van der Waals surface area contributed by atoms with Crippen LogP contribution in [0.3, 0.4) is 0 Å². The largest absolute Gasteiger partial charge is 0.347 e. The molecule has 17 heavy (non-hydrogen) atoms. The zero-order chi connectivity index (χ0) is 12.3. The quantitative estimate of drug-likeness (QED) is 0.868. The molecule has 1 unspecified atom stereocenters. The Morgan fingerprint density at radius 1 is 1.41 bits per heavy atom. The van der Waals surface area contributed by atoms with Gasteiger partial charge < -0.3 is 14.8 Å². The second kappa shape index (κ2) is 5.17. The van der Waals surface area contributed by atoms with Crippen LogP contribution in [0.15, 0.2) is 24.3 Å². The summed E-state index contributed by atoms with van der Waals surface area (Å²) in [6, 6.07) is 8.57. The van der Waals surface area contributed by atoms with Crippen LogP contribution in [-0.4, -0.2) is 26.0 Å². The standard InChI is InChI=1S/C14H21NO2/c1-14(2)16-10-13(17-14)12-6-4-5-11(9-12)7-8-15-3/h4-6,9,13,15H,7-8,10H2,1-3H3. The Balaban J connectivity index is 2.06. The van der Waals surface area contributed by atoms with E-state index in [0.29, 0.717) is 6.61 Å². The fourth-order valence-corrected chi connectivity index (χ4v) is 2.07. The first kappa shape index (κ1) is 12.6. The van der Waals surface area contributed by atoms with Gasteiger partial charge in [-0.25, -0.2) is 0 Å². The van der Waals surface area contributed by atoms with Gasteiger partial charge >= 0.3 is 0 Å². The van der Waals surface area contributed by atoms with E-state index < -0.39 is 5.79 Å². The number of hydrogen-bond donors (Lipinski definition) is 1. The minimum atomic E-state index is -0.453. The molecule has 1 atom stereocenters. The predicted molar refractivity (Wildman–Crippen MR) is 67.9 cm³/mol. The molecule has 1 aromatic rings. The highest BCUT2D eigenvalue weighted by atomic mass is 16.7. The lowest BCUT2D eigenvalue weighted by Crippen LogP contribution is -2.19. The maximum Gasteiger partial charge on any atom is 0.163 e. The SMILES string of the molecule is CNCCc1cccc(C2COC(C)(C)O2)c1. The summed E-state index contributed by atoms with van der Waals surface area (Å²) in [6.45, 7) is 5.55. The Bertz CT molecular complexity index is 376. The van der Waals surface area contributed by atoms with Crippen LogP contribution >= 0.6 is 0 Å². The molecule has 0 aromatic heterocycles. The fraction of sp³-hybridized carbons (Fsp3) is 0.571. The predicted octanol–water partition coefficient (Wildman–Crippen LogP) is 2.27. The topological polar surface area (TPSA) is 30.5 Å². The van der Waals surface area contributed by atoms with Gasteiger partial charge in [0.15, 0.2) is 5.79 Å². The van der Waals surface area contributed by atoms with E-state index in [1.807, 2.05) is 20.9 Å². The highest BCUT2D eigenvalue weighted by Crippen LogP contribution is 2.32. The monoisotopic (exact) mass is 235 g/mol. The molecule has 1 aliphatic heterocycles. The average Bonchev–Trinajstić information content (AvgIpc) is 2.67. The van der Waals surface area contributed by atoms with Gasteiger partial charge in [0.2, 0.25) is 0 Å². The molecule has 0 amide bonds. The molecule has 3 heteroatoms. The van der Waals surface area contributed by atoms with Crippen LogP contribution in [0.25, 0.3) is 0 Å². The molecule has 1 saturated heterocycles. The van der Waals surface area contributed by atoms with E-state index in [1.165, 1.54) is 11.1 Å². The van der Waals surface area contributed by atoms with Crippen molar-refractivity contribution in [2.24, 2.45) is 0 Å². The van der Waals surface area contributed by atoms with Crippen LogP contribution in [0.2, 0.25) is 0 Å². The number of likely N-dealkylation sites (N-methyl/N-ethyl adjacent to an activating group) is 1. The van der Waals surface area contributed by atoms with Crippen LogP contribution in [0, 0.1) is 0 Å². The van der Waals surface area contributed by atoms with Crippen molar-refractivity contribution >= 4 is 0 Å². The first-order chi connectivity index (χ1) is 8.11. The van der Waals surface area contributed by atoms with Gasteiger partial charge in [-0.15, -0.1) is 0 Å². The third kappa shape index (κ3) is 3.28. The Hall–Kier alpha value is -0.900. The number of hydrogen-bond acceptors (Lipinski definition) is 3. The van der Waals surface area contributed by atoms with E-state index in [0.717, 1.165) is 13.0 Å². The van der Waals surface area contributed by atoms with Gasteiger partial charge in [0.1, 0.15) is 6.10 Å². The molecule has 94 valence electrons. The Morgan fingerprint density at radius 3 is 2.88 bits per heavy atom. The third-order valence-electron chi connectivity index (χ3n) is 2.99. The maximum atomic E-state index is 5.86. The first-order valence-electron chi connectivity index (χ1n) is 6.16. The van der Waals surface area contributed by atoms with Gasteiger partial charge in [0.05, 0.1) is 6.61 Å². The van der Waals surface area contributed by atoms with Crippen LogP contribution in [0.1, 0.15) is 31.1 Å². The molecule has 1 aliphatic rings. The Kier molecular flexibility index (Phi) is 3.82. The Morgan fingerprint density at radius 2 is 2.24 bits per heavy atom. The van der Waals surface area contributed by atoms with Gasteiger partial charge in [-0.05, 0) is 45.0 Å². The molecule has 3 nitrogen and oxygen atoms in total. The van der Waals surface area contributed by atoms with E-state index in [4.69, 9.17) is 9.47 Å². The molecule has 1 fully saturated rings. The summed E-state index contributed by atoms with van der Waals surface area (Å²) in [6.07, 6.45) is 1.11. The van der Waals surface area contributed by atoms with E-state index >= 15 is 0 Å². The number of nitrogens with one attached hydrogen (secondary N) is 1. The number of ether oxygens (including phenoxy) is 2. The van der Waals surface area contributed by atoms with E-state index in [-0.39, 0.29) is 6.10 Å². The molecule has 0 aliphatic carbocycles. The summed E-state index contributed by atoms with van der Waals surface area (Å²) in [5, 5.41) is 3.16. The van der Waals surface area contributed by atoms with Gasteiger partial charge in [-0.3, -0.25) is 0 Å². The summed E-state index contributed by atoms with van der Waals surface area (Å²) < 4.78 is 11.5. The molecule has 0 spiro atoms. The van der Waals surface area contributed by atoms with Crippen molar-refractivity contribution in [2.75, 3.05) is 20.2 Å². The second-order valence-electron chi connectivity index (χ2n) is 4.92. The minimum absolute atomic E-state index is 0.0690. The van der Waals surface area contributed by atoms with E-state index in [2.05, 4.69) is 29.6 Å². The lowest BCUT2D eigenvalue weighted by molar-refractivity contribution is -0.139. The van der Waals surface area contributed by atoms with Gasteiger partial charge in [0, 0.05) is 0 Å². The lowest BCUT2D eigenvalue weighted by atomic mass is 10.0. The summed E-state index contributed by atoms with van der Waals surface area (Å²) >= 11 is 0. The molecule has 0 radical (unpaired) electrons. The van der Waals surface area contributed by atoms with Crippen molar-refractivity contribution in [3.63, 3.8) is 0 Å². The normalized spacial score (nSPS) is 22.9. The molecular weight excluding hydrogens is 214 g/mol. The Labute approximate surface area is 103 Å². The van der Waals surface area contributed by atoms with Crippen LogP contribution in [-0.2, 0) is 15.9 Å². The van der Waals surface area contributed by atoms with Crippen molar-refractivity contribution < 1.29 is 9.47 Å². The van der Waals surface area contributed by atoms with Crippen LogP contribution in [0.5, 0.6) is 0 Å². The first-order valence-corrected chi connectivity index (χ1v) is 6.16. The van der Waals surface area contributed by atoms with Gasteiger partial charge in [-0.1, -0.05) is 24.3 Å². The highest BCUT2D eigenvalue weighted by Gasteiger charge is 2.33. The van der Waals surface area contributed by atoms with E-state index in [9.17, 15) is 0 Å². The number of benzene rings is 1. The zero-order valence-corrected chi connectivity index (χ0v) is 10.8. The summed E-state index contributed by atoms with van der Waals surface area (Å²) in [4.78, 5) is 0. The lowest BCUT2D eigenvalue weighted by Gasteiger charge is -2.17. The van der Waals surface area contributed by atoms with Crippen molar-refractivity contribution in [1.29, 1.82) is 0 Å². The van der Waals surface area contributed by atoms with Crippen molar-refractivity contribution in [3.05, 3.63) is 35.4 Å². The van der Waals surface area contributed by atoms with Crippen molar-refractivity contribution in [3.8, 4) is 0 Å². The molecule has 1 heterocycles. The summed E-state index contributed by atoms with van der Waals surface area (Å²) in [5.41, 5.74) is 2.55. The van der Waals surface area contributed by atoms with Gasteiger partial charge in [0.25, 0.3) is 0 Å². The van der Waals surface area contributed by atoms with Crippen LogP contribution < -0.4 is 5.32 Å². The van der Waals surface area contributed by atoms with Gasteiger partial charge in [-0.2, -0.15) is 0 Å². The fourth-order valence-electron chi connectivity index (χ4n) is 2.07. The summed E-state index contributed by atoms with van der Waals surface area (Å²) in [5.74, 6) is -0.453. The molecule has 0 bridgehead atoms. The van der Waals surface area contributed by atoms with Crippen LogP contribution in [0.4, 0.5) is 0 Å². The smallest absolute Gasteiger partial charge is 0.163 e. The van der Waals surface area contributed by atoms with E-state index in [1.54, 1.807) is 0 Å². The van der Waals surface area contributed by atoms with Crippen molar-refractivity contribution in [1.82, 2.24) is 5.32 Å². The molecule has 0 saturated carbocycles. The average molecular weight is 235 g/mol. The molecule has 1 N–H and O–H groups in total. The third-order valence-corrected chi connectivity index (χ3v) is 2.99. The molecular formula is C14H21NO2. The molecule has 2 rings (SSSR count). The number of rotatable bonds is 4. The maximum absolute atomic E-state index is 5.86. The minimum Gasteiger partial charge on any atom is -0.347 e. The van der Waals surface area contributed by atoms with Crippen molar-refractivity contribution in [2.45, 2.75) is 32.2 Å².